The van der Waals surface area contributed by atoms with Gasteiger partial charge in [0.2, 0.25) is 5.91 Å². The first-order valence-electron chi connectivity index (χ1n) is 9.83. The molecule has 1 atom stereocenters. The zero-order valence-electron chi connectivity index (χ0n) is 17.5. The molecule has 3 aromatic rings. The third kappa shape index (κ3) is 4.16. The minimum absolute atomic E-state index is 0.0509. The number of benzene rings is 2. The Hall–Kier alpha value is -3.26. The lowest BCUT2D eigenvalue weighted by molar-refractivity contribution is -0.116. The summed E-state index contributed by atoms with van der Waals surface area (Å²) in [6, 6.07) is 12.9. The monoisotopic (exact) mass is 437 g/mol. The summed E-state index contributed by atoms with van der Waals surface area (Å²) in [6.45, 7) is 2.04. The van der Waals surface area contributed by atoms with Crippen molar-refractivity contribution in [1.82, 2.24) is 9.55 Å². The van der Waals surface area contributed by atoms with Gasteiger partial charge in [0.1, 0.15) is 17.3 Å². The molecule has 1 amide bonds. The van der Waals surface area contributed by atoms with E-state index in [-0.39, 0.29) is 23.6 Å². The lowest BCUT2D eigenvalue weighted by Gasteiger charge is -2.28. The molecule has 2 aromatic carbocycles. The van der Waals surface area contributed by atoms with E-state index >= 15 is 0 Å². The number of fused-ring (bicyclic) bond motifs is 1. The van der Waals surface area contributed by atoms with E-state index in [2.05, 4.69) is 10.3 Å². The van der Waals surface area contributed by atoms with Gasteiger partial charge in [-0.25, -0.2) is 0 Å². The van der Waals surface area contributed by atoms with Crippen LogP contribution in [0.25, 0.3) is 0 Å². The number of hydrogen-bond donors (Lipinski definition) is 2. The molecule has 160 valence electrons. The van der Waals surface area contributed by atoms with Crippen LogP contribution < -0.4 is 15.6 Å². The Bertz CT molecular complexity index is 1200. The van der Waals surface area contributed by atoms with E-state index in [0.717, 1.165) is 5.56 Å². The number of methoxy groups -OCH3 is 1. The minimum atomic E-state index is -0.512. The maximum Gasteiger partial charge on any atom is 0.279 e. The number of nitrogens with zero attached hydrogens (tertiary/aromatic N) is 2. The Labute approximate surface area is 184 Å². The molecule has 1 aliphatic heterocycles. The Balaban J connectivity index is 1.74. The number of carbonyl (C=O) groups is 1. The number of aryl methyl sites for hydroxylation is 1. The van der Waals surface area contributed by atoms with Crippen LogP contribution in [-0.4, -0.2) is 27.7 Å². The summed E-state index contributed by atoms with van der Waals surface area (Å²) in [4.78, 5) is 29.9. The van der Waals surface area contributed by atoms with Crippen LogP contribution in [0.2, 0.25) is 0 Å². The number of anilines is 1. The Morgan fingerprint density at radius 2 is 1.97 bits per heavy atom. The van der Waals surface area contributed by atoms with Gasteiger partial charge in [0.15, 0.2) is 5.16 Å². The van der Waals surface area contributed by atoms with Gasteiger partial charge in [-0.1, -0.05) is 47.7 Å². The normalized spacial score (nSPS) is 15.3. The van der Waals surface area contributed by atoms with Gasteiger partial charge >= 0.3 is 0 Å². The van der Waals surface area contributed by atoms with Crippen molar-refractivity contribution in [1.29, 1.82) is 0 Å². The van der Waals surface area contributed by atoms with Crippen molar-refractivity contribution >= 4 is 23.5 Å². The molecule has 0 spiro atoms. The molecule has 0 saturated carbocycles. The second-order valence-electron chi connectivity index (χ2n) is 7.53. The summed E-state index contributed by atoms with van der Waals surface area (Å²) >= 11 is 1.44. The molecular formula is C23H23N3O4S. The zero-order valence-corrected chi connectivity index (χ0v) is 18.3. The predicted octanol–water partition coefficient (Wildman–Crippen LogP) is 3.57. The molecule has 8 heteroatoms. The van der Waals surface area contributed by atoms with Crippen LogP contribution in [0.15, 0.2) is 52.4 Å². The van der Waals surface area contributed by atoms with Gasteiger partial charge in [0, 0.05) is 36.8 Å². The van der Waals surface area contributed by atoms with Gasteiger partial charge in [-0.2, -0.15) is 4.98 Å². The van der Waals surface area contributed by atoms with Crippen LogP contribution in [0.1, 0.15) is 34.6 Å². The number of hydrogen-bond acceptors (Lipinski definition) is 6. The van der Waals surface area contributed by atoms with Gasteiger partial charge in [0.05, 0.1) is 12.7 Å². The third-order valence-electron chi connectivity index (χ3n) is 5.38. The molecule has 2 N–H and O–H groups in total. The molecular weight excluding hydrogens is 414 g/mol. The number of rotatable bonds is 5. The van der Waals surface area contributed by atoms with Crippen LogP contribution in [0.4, 0.5) is 5.82 Å². The topological polar surface area (TPSA) is 93.4 Å². The van der Waals surface area contributed by atoms with Crippen molar-refractivity contribution in [3.8, 4) is 11.5 Å². The van der Waals surface area contributed by atoms with E-state index in [1.54, 1.807) is 17.7 Å². The standard InChI is InChI=1S/C23H23N3O4S/c1-13-4-6-14(7-5-13)12-31-23-25-22(29)20-17(11-19(28)24-21(20)26(23)2)16-9-8-15(27)10-18(16)30-3/h4-10,17,27H,11-12H2,1-3H3,(H,24,28)/t17-/m1/s1. The van der Waals surface area contributed by atoms with Gasteiger partial charge in [0.25, 0.3) is 5.56 Å². The lowest BCUT2D eigenvalue weighted by atomic mass is 9.86. The number of carbonyl (C=O) groups excluding carboxylic acids is 1. The fourth-order valence-corrected chi connectivity index (χ4v) is 4.67. The van der Waals surface area contributed by atoms with Crippen molar-refractivity contribution in [2.45, 2.75) is 30.2 Å². The molecule has 0 saturated heterocycles. The maximum absolute atomic E-state index is 13.1. The molecule has 31 heavy (non-hydrogen) atoms. The Morgan fingerprint density at radius 3 is 2.68 bits per heavy atom. The van der Waals surface area contributed by atoms with Crippen LogP contribution in [0, 0.1) is 6.92 Å². The van der Waals surface area contributed by atoms with Gasteiger partial charge in [-0.15, -0.1) is 0 Å². The summed E-state index contributed by atoms with van der Waals surface area (Å²) in [6.07, 6.45) is 0.0981. The molecule has 0 aliphatic carbocycles. The SMILES string of the molecule is COc1cc(O)ccc1[C@H]1CC(=O)Nc2c1c(=O)nc(SCc1ccc(C)cc1)n2C. The first-order valence-corrected chi connectivity index (χ1v) is 10.8. The van der Waals surface area contributed by atoms with Gasteiger partial charge < -0.3 is 19.7 Å². The number of aromatic nitrogens is 2. The third-order valence-corrected chi connectivity index (χ3v) is 6.48. The summed E-state index contributed by atoms with van der Waals surface area (Å²) in [5, 5.41) is 13.2. The molecule has 1 aromatic heterocycles. The fourth-order valence-electron chi connectivity index (χ4n) is 3.75. The zero-order chi connectivity index (χ0) is 22.1. The number of phenols is 1. The Kier molecular flexibility index (Phi) is 5.73. The molecule has 0 radical (unpaired) electrons. The summed E-state index contributed by atoms with van der Waals surface area (Å²) < 4.78 is 7.15. The van der Waals surface area contributed by atoms with Gasteiger partial charge in [-0.3, -0.25) is 9.59 Å². The molecule has 4 rings (SSSR count). The van der Waals surface area contributed by atoms with Gasteiger partial charge in [-0.05, 0) is 18.6 Å². The van der Waals surface area contributed by atoms with E-state index in [0.29, 0.717) is 33.6 Å². The predicted molar refractivity (Wildman–Crippen MR) is 120 cm³/mol. The highest BCUT2D eigenvalue weighted by molar-refractivity contribution is 7.98. The number of ether oxygens (including phenoxy) is 1. The fraction of sp³-hybridized carbons (Fsp3) is 0.261. The van der Waals surface area contributed by atoms with Crippen LogP contribution in [0.5, 0.6) is 11.5 Å². The first-order chi connectivity index (χ1) is 14.9. The highest BCUT2D eigenvalue weighted by Gasteiger charge is 2.33. The van der Waals surface area contributed by atoms with Crippen LogP contribution >= 0.6 is 11.8 Å². The summed E-state index contributed by atoms with van der Waals surface area (Å²) in [5.74, 6) is 0.871. The average Bonchev–Trinajstić information content (AvgIpc) is 2.75. The van der Waals surface area contributed by atoms with Crippen LogP contribution in [0.3, 0.4) is 0 Å². The van der Waals surface area contributed by atoms with E-state index in [1.807, 2.05) is 31.2 Å². The highest BCUT2D eigenvalue weighted by Crippen LogP contribution is 2.40. The van der Waals surface area contributed by atoms with Crippen molar-refractivity contribution in [3.63, 3.8) is 0 Å². The van der Waals surface area contributed by atoms with Crippen molar-refractivity contribution < 1.29 is 14.6 Å². The van der Waals surface area contributed by atoms with Crippen molar-refractivity contribution in [2.75, 3.05) is 12.4 Å². The molecule has 1 aliphatic rings. The number of phenolic OH excluding ortho intramolecular Hbond substituents is 1. The Morgan fingerprint density at radius 1 is 1.23 bits per heavy atom. The smallest absolute Gasteiger partial charge is 0.279 e. The summed E-state index contributed by atoms with van der Waals surface area (Å²) in [5.41, 5.74) is 3.02. The molecule has 0 unspecified atom stereocenters. The highest BCUT2D eigenvalue weighted by atomic mass is 32.2. The molecule has 0 bridgehead atoms. The number of aromatic hydroxyl groups is 1. The largest absolute Gasteiger partial charge is 0.508 e. The second-order valence-corrected chi connectivity index (χ2v) is 8.47. The molecule has 7 nitrogen and oxygen atoms in total. The second kappa shape index (κ2) is 8.47. The van der Waals surface area contributed by atoms with E-state index < -0.39 is 5.92 Å². The van der Waals surface area contributed by atoms with Crippen molar-refractivity contribution in [3.05, 3.63) is 75.1 Å². The van der Waals surface area contributed by atoms with Crippen LogP contribution in [-0.2, 0) is 17.6 Å². The number of amides is 1. The maximum atomic E-state index is 13.1. The molecule has 2 heterocycles. The van der Waals surface area contributed by atoms with E-state index in [9.17, 15) is 14.7 Å². The number of thioether (sulfide) groups is 1. The summed E-state index contributed by atoms with van der Waals surface area (Å²) in [7, 11) is 3.28. The quantitative estimate of drug-likeness (QED) is 0.468. The lowest BCUT2D eigenvalue weighted by Crippen LogP contribution is -2.33. The molecule has 0 fully saturated rings. The number of nitrogens with one attached hydrogen (secondary N) is 1. The van der Waals surface area contributed by atoms with Crippen molar-refractivity contribution in [2.24, 2.45) is 7.05 Å². The first kappa shape index (κ1) is 21.0. The average molecular weight is 438 g/mol. The van der Waals surface area contributed by atoms with E-state index in [4.69, 9.17) is 4.74 Å². The minimum Gasteiger partial charge on any atom is -0.508 e. The van der Waals surface area contributed by atoms with E-state index in [1.165, 1.54) is 36.6 Å².